The molecule has 1 heterocycles. The second-order valence-corrected chi connectivity index (χ2v) is 6.23. The quantitative estimate of drug-likeness (QED) is 0.653. The zero-order valence-corrected chi connectivity index (χ0v) is 13.9. The molecule has 0 aliphatic rings. The summed E-state index contributed by atoms with van der Waals surface area (Å²) in [5.41, 5.74) is 1.44. The number of nitrogens with zero attached hydrogens (tertiary/aromatic N) is 1. The lowest BCUT2D eigenvalue weighted by Crippen LogP contribution is -2.36. The van der Waals surface area contributed by atoms with Crippen molar-refractivity contribution in [1.29, 1.82) is 0 Å². The van der Waals surface area contributed by atoms with Crippen molar-refractivity contribution in [2.75, 3.05) is 11.1 Å². The molecule has 0 spiro atoms. The highest BCUT2D eigenvalue weighted by molar-refractivity contribution is 7.99. The first kappa shape index (κ1) is 17.0. The number of hydrogen-bond acceptors (Lipinski definition) is 4. The van der Waals surface area contributed by atoms with Gasteiger partial charge in [0.05, 0.1) is 17.9 Å². The Bertz CT molecular complexity index is 659. The summed E-state index contributed by atoms with van der Waals surface area (Å²) in [4.78, 5) is 28.9. The van der Waals surface area contributed by atoms with Crippen LogP contribution in [0.25, 0.3) is 0 Å². The molecular formula is C17H19N3O2S. The average molecular weight is 329 g/mol. The number of benzene rings is 1. The Hall–Kier alpha value is -2.34. The second-order valence-electron chi connectivity index (χ2n) is 4.89. The second kappa shape index (κ2) is 8.33. The topological polar surface area (TPSA) is 71.1 Å². The van der Waals surface area contributed by atoms with Crippen LogP contribution in [-0.4, -0.2) is 22.6 Å². The molecule has 2 amide bonds. The fourth-order valence-electron chi connectivity index (χ4n) is 1.99. The van der Waals surface area contributed by atoms with Crippen molar-refractivity contribution < 1.29 is 9.59 Å². The molecular weight excluding hydrogens is 310 g/mol. The van der Waals surface area contributed by atoms with Gasteiger partial charge in [0.25, 0.3) is 0 Å². The van der Waals surface area contributed by atoms with Crippen LogP contribution < -0.4 is 10.6 Å². The van der Waals surface area contributed by atoms with E-state index in [2.05, 4.69) is 22.5 Å². The molecule has 1 aromatic carbocycles. The Balaban J connectivity index is 1.92. The lowest BCUT2D eigenvalue weighted by atomic mass is 10.1. The number of amides is 2. The van der Waals surface area contributed by atoms with Crippen molar-refractivity contribution in [3.63, 3.8) is 0 Å². The van der Waals surface area contributed by atoms with Crippen molar-refractivity contribution in [1.82, 2.24) is 10.3 Å². The maximum atomic E-state index is 12.0. The molecule has 0 saturated carbocycles. The summed E-state index contributed by atoms with van der Waals surface area (Å²) in [6.07, 6.45) is 3.08. The minimum atomic E-state index is -0.706. The van der Waals surface area contributed by atoms with E-state index in [1.54, 1.807) is 30.1 Å². The van der Waals surface area contributed by atoms with Gasteiger partial charge in [0.2, 0.25) is 0 Å². The standard InChI is InChI=1S/C17H19N3O2S/c1-3-23-15-8-6-13(7-9-15)12(2)19-16(21)17(22)20-14-5-4-10-18-11-14/h4-12H,3H2,1-2H3,(H,19,21)(H,20,22). The van der Waals surface area contributed by atoms with Crippen molar-refractivity contribution >= 4 is 29.3 Å². The summed E-state index contributed by atoms with van der Waals surface area (Å²) in [6.45, 7) is 3.94. The fraction of sp³-hybridized carbons (Fsp3) is 0.235. The number of nitrogens with one attached hydrogen (secondary N) is 2. The van der Waals surface area contributed by atoms with E-state index in [0.717, 1.165) is 11.3 Å². The molecule has 1 unspecified atom stereocenters. The first-order valence-electron chi connectivity index (χ1n) is 7.34. The molecule has 6 heteroatoms. The first-order valence-corrected chi connectivity index (χ1v) is 8.33. The number of carbonyl (C=O) groups is 2. The van der Waals surface area contributed by atoms with E-state index in [-0.39, 0.29) is 6.04 Å². The van der Waals surface area contributed by atoms with Crippen LogP contribution in [0.15, 0.2) is 53.7 Å². The van der Waals surface area contributed by atoms with Crippen LogP contribution in [0.5, 0.6) is 0 Å². The molecule has 120 valence electrons. The number of rotatable bonds is 5. The zero-order chi connectivity index (χ0) is 16.7. The van der Waals surface area contributed by atoms with Crippen LogP contribution in [-0.2, 0) is 9.59 Å². The van der Waals surface area contributed by atoms with Gasteiger partial charge in [-0.15, -0.1) is 11.8 Å². The van der Waals surface area contributed by atoms with E-state index >= 15 is 0 Å². The van der Waals surface area contributed by atoms with Gasteiger partial charge in [0.1, 0.15) is 0 Å². The largest absolute Gasteiger partial charge is 0.341 e. The normalized spacial score (nSPS) is 11.6. The van der Waals surface area contributed by atoms with Crippen molar-refractivity contribution in [2.24, 2.45) is 0 Å². The first-order chi connectivity index (χ1) is 11.1. The predicted molar refractivity (Wildman–Crippen MR) is 92.3 cm³/mol. The molecule has 0 saturated heterocycles. The maximum absolute atomic E-state index is 12.0. The van der Waals surface area contributed by atoms with Crippen LogP contribution in [0.3, 0.4) is 0 Å². The van der Waals surface area contributed by atoms with Crippen LogP contribution >= 0.6 is 11.8 Å². The van der Waals surface area contributed by atoms with Gasteiger partial charge in [-0.2, -0.15) is 0 Å². The van der Waals surface area contributed by atoms with E-state index in [9.17, 15) is 9.59 Å². The van der Waals surface area contributed by atoms with Crippen LogP contribution in [0.1, 0.15) is 25.5 Å². The third kappa shape index (κ3) is 5.10. The fourth-order valence-corrected chi connectivity index (χ4v) is 2.65. The van der Waals surface area contributed by atoms with Crippen LogP contribution in [0.2, 0.25) is 0 Å². The maximum Gasteiger partial charge on any atom is 0.313 e. The number of carbonyl (C=O) groups excluding carboxylic acids is 2. The summed E-state index contributed by atoms with van der Waals surface area (Å²) < 4.78 is 0. The minimum absolute atomic E-state index is 0.247. The summed E-state index contributed by atoms with van der Waals surface area (Å²) in [5, 5.41) is 5.20. The third-order valence-corrected chi connectivity index (χ3v) is 4.06. The summed E-state index contributed by atoms with van der Waals surface area (Å²) in [7, 11) is 0. The third-order valence-electron chi connectivity index (χ3n) is 3.16. The van der Waals surface area contributed by atoms with Crippen LogP contribution in [0, 0.1) is 0 Å². The van der Waals surface area contributed by atoms with Crippen molar-refractivity contribution in [3.05, 3.63) is 54.4 Å². The minimum Gasteiger partial charge on any atom is -0.341 e. The number of anilines is 1. The van der Waals surface area contributed by atoms with Crippen LogP contribution in [0.4, 0.5) is 5.69 Å². The van der Waals surface area contributed by atoms with Gasteiger partial charge in [0.15, 0.2) is 0 Å². The molecule has 1 atom stereocenters. The molecule has 0 radical (unpaired) electrons. The highest BCUT2D eigenvalue weighted by Gasteiger charge is 2.17. The monoisotopic (exact) mass is 329 g/mol. The van der Waals surface area contributed by atoms with Crippen molar-refractivity contribution in [3.8, 4) is 0 Å². The van der Waals surface area contributed by atoms with Crippen molar-refractivity contribution in [2.45, 2.75) is 24.8 Å². The molecule has 0 bridgehead atoms. The number of hydrogen-bond donors (Lipinski definition) is 2. The SMILES string of the molecule is CCSc1ccc(C(C)NC(=O)C(=O)Nc2cccnc2)cc1. The predicted octanol–water partition coefficient (Wildman–Crippen LogP) is 3.01. The van der Waals surface area contributed by atoms with E-state index in [4.69, 9.17) is 0 Å². The molecule has 0 aliphatic carbocycles. The molecule has 0 fully saturated rings. The average Bonchev–Trinajstić information content (AvgIpc) is 2.56. The molecule has 5 nitrogen and oxygen atoms in total. The summed E-state index contributed by atoms with van der Waals surface area (Å²) in [6, 6.07) is 11.1. The molecule has 2 N–H and O–H groups in total. The van der Waals surface area contributed by atoms with Gasteiger partial charge in [0, 0.05) is 11.1 Å². The van der Waals surface area contributed by atoms with Gasteiger partial charge >= 0.3 is 11.8 Å². The zero-order valence-electron chi connectivity index (χ0n) is 13.1. The lowest BCUT2D eigenvalue weighted by Gasteiger charge is -2.14. The Morgan fingerprint density at radius 3 is 2.52 bits per heavy atom. The Labute approximate surface area is 139 Å². The van der Waals surface area contributed by atoms with E-state index < -0.39 is 11.8 Å². The molecule has 2 rings (SSSR count). The summed E-state index contributed by atoms with van der Waals surface area (Å²) >= 11 is 1.76. The number of thioether (sulfide) groups is 1. The Kier molecular flexibility index (Phi) is 6.17. The number of aromatic nitrogens is 1. The highest BCUT2D eigenvalue weighted by atomic mass is 32.2. The molecule has 23 heavy (non-hydrogen) atoms. The van der Waals surface area contributed by atoms with Gasteiger partial charge < -0.3 is 10.6 Å². The van der Waals surface area contributed by atoms with Gasteiger partial charge in [-0.1, -0.05) is 19.1 Å². The van der Waals surface area contributed by atoms with Gasteiger partial charge in [-0.3, -0.25) is 14.6 Å². The molecule has 0 aliphatic heterocycles. The van der Waals surface area contributed by atoms with E-state index in [0.29, 0.717) is 5.69 Å². The lowest BCUT2D eigenvalue weighted by molar-refractivity contribution is -0.136. The van der Waals surface area contributed by atoms with E-state index in [1.165, 1.54) is 11.1 Å². The van der Waals surface area contributed by atoms with E-state index in [1.807, 2.05) is 31.2 Å². The van der Waals surface area contributed by atoms with Gasteiger partial charge in [-0.05, 0) is 42.5 Å². The molecule has 1 aromatic heterocycles. The Morgan fingerprint density at radius 2 is 1.91 bits per heavy atom. The smallest absolute Gasteiger partial charge is 0.313 e. The molecule has 2 aromatic rings. The van der Waals surface area contributed by atoms with Gasteiger partial charge in [-0.25, -0.2) is 0 Å². The number of pyridine rings is 1. The summed E-state index contributed by atoms with van der Waals surface area (Å²) in [5.74, 6) is -0.364. The Morgan fingerprint density at radius 1 is 1.17 bits per heavy atom. The highest BCUT2D eigenvalue weighted by Crippen LogP contribution is 2.20.